The van der Waals surface area contributed by atoms with E-state index in [9.17, 15) is 9.32 Å². The quantitative estimate of drug-likeness (QED) is 0.685. The van der Waals surface area contributed by atoms with Gasteiger partial charge in [-0.1, -0.05) is 35.2 Å². The van der Waals surface area contributed by atoms with Gasteiger partial charge >= 0.3 is 0 Å². The van der Waals surface area contributed by atoms with E-state index in [2.05, 4.69) is 36.8 Å². The molecule has 6 heteroatoms. The van der Waals surface area contributed by atoms with Gasteiger partial charge in [-0.2, -0.15) is 4.94 Å². The van der Waals surface area contributed by atoms with Gasteiger partial charge in [0.25, 0.3) is 5.56 Å². The van der Waals surface area contributed by atoms with E-state index in [0.717, 1.165) is 30.8 Å². The molecule has 0 radical (unpaired) electrons. The minimum absolute atomic E-state index is 0.108. The number of pyridine rings is 1. The molecule has 0 N–H and O–H groups in total. The van der Waals surface area contributed by atoms with Crippen LogP contribution in [0.1, 0.15) is 43.7 Å². The molecule has 3 nitrogen and oxygen atoms in total. The van der Waals surface area contributed by atoms with E-state index in [1.807, 2.05) is 16.8 Å². The first kappa shape index (κ1) is 16.9. The van der Waals surface area contributed by atoms with Gasteiger partial charge < -0.3 is 4.57 Å². The third-order valence-electron chi connectivity index (χ3n) is 3.18. The lowest BCUT2D eigenvalue weighted by atomic mass is 9.95. The summed E-state index contributed by atoms with van der Waals surface area (Å²) in [5.41, 5.74) is 1.26. The molecule has 0 unspecified atom stereocenters. The van der Waals surface area contributed by atoms with Crippen molar-refractivity contribution in [3.63, 3.8) is 0 Å². The van der Waals surface area contributed by atoms with E-state index in [1.54, 1.807) is 0 Å². The van der Waals surface area contributed by atoms with Gasteiger partial charge in [-0.3, -0.25) is 4.79 Å². The summed E-state index contributed by atoms with van der Waals surface area (Å²) >= 11 is 6.79. The standard InChI is InChI=1S/C12H15Br2NO.CH3FO/c13-7-9-6-11(14)12(16)15(8-9)10-4-2-1-3-5-10;1-3-2/h6,8,10H,1-5,7H2;1H3. The first-order valence-corrected chi connectivity index (χ1v) is 8.16. The zero-order chi connectivity index (χ0) is 14.3. The second-order valence-corrected chi connectivity index (χ2v) is 5.90. The van der Waals surface area contributed by atoms with Crippen molar-refractivity contribution in [2.75, 3.05) is 7.11 Å². The average molecular weight is 399 g/mol. The van der Waals surface area contributed by atoms with Crippen LogP contribution in [0.4, 0.5) is 4.53 Å². The Morgan fingerprint density at radius 2 is 2.00 bits per heavy atom. The summed E-state index contributed by atoms with van der Waals surface area (Å²) in [6.45, 7) is 0. The highest BCUT2D eigenvalue weighted by atomic mass is 79.9. The molecule has 0 amide bonds. The van der Waals surface area contributed by atoms with Gasteiger partial charge in [0.05, 0.1) is 11.6 Å². The molecule has 1 aromatic heterocycles. The maximum atomic E-state index is 12.0. The molecule has 0 bridgehead atoms. The molecule has 2 rings (SSSR count). The fourth-order valence-electron chi connectivity index (χ4n) is 2.33. The summed E-state index contributed by atoms with van der Waals surface area (Å²) in [4.78, 5) is 14.8. The van der Waals surface area contributed by atoms with Crippen molar-refractivity contribution in [2.24, 2.45) is 0 Å². The SMILES string of the molecule is COF.O=c1c(Br)cc(CBr)cn1C1CCCCC1. The molecule has 1 heterocycles. The van der Waals surface area contributed by atoms with Crippen molar-refractivity contribution in [1.29, 1.82) is 0 Å². The van der Waals surface area contributed by atoms with Crippen LogP contribution in [0.2, 0.25) is 0 Å². The lowest BCUT2D eigenvalue weighted by Gasteiger charge is -2.24. The number of halogens is 3. The summed E-state index contributed by atoms with van der Waals surface area (Å²) in [5.74, 6) is 0. The second kappa shape index (κ2) is 8.87. The molecule has 1 aliphatic rings. The molecule has 1 fully saturated rings. The number of alkyl halides is 1. The molecule has 19 heavy (non-hydrogen) atoms. The van der Waals surface area contributed by atoms with E-state index in [0.29, 0.717) is 10.5 Å². The second-order valence-electron chi connectivity index (χ2n) is 4.49. The Kier molecular flexibility index (Phi) is 7.87. The number of rotatable bonds is 2. The van der Waals surface area contributed by atoms with E-state index in [-0.39, 0.29) is 5.56 Å². The van der Waals surface area contributed by atoms with Crippen molar-refractivity contribution in [2.45, 2.75) is 43.5 Å². The number of hydrogen-bond acceptors (Lipinski definition) is 2. The van der Waals surface area contributed by atoms with Crippen LogP contribution in [0.15, 0.2) is 21.5 Å². The molecule has 0 aliphatic heterocycles. The topological polar surface area (TPSA) is 31.2 Å². The smallest absolute Gasteiger partial charge is 0.265 e. The van der Waals surface area contributed by atoms with Crippen LogP contribution in [0.25, 0.3) is 0 Å². The molecule has 0 spiro atoms. The van der Waals surface area contributed by atoms with E-state index < -0.39 is 0 Å². The summed E-state index contributed by atoms with van der Waals surface area (Å²) < 4.78 is 12.4. The molecule has 108 valence electrons. The zero-order valence-corrected chi connectivity index (χ0v) is 14.0. The van der Waals surface area contributed by atoms with Gasteiger partial charge in [0.1, 0.15) is 0 Å². The number of aromatic nitrogens is 1. The lowest BCUT2D eigenvalue weighted by Crippen LogP contribution is -2.26. The van der Waals surface area contributed by atoms with Gasteiger partial charge in [-0.05, 0) is 44.9 Å². The van der Waals surface area contributed by atoms with Gasteiger partial charge in [-0.25, -0.2) is 0 Å². The largest absolute Gasteiger partial charge is 0.311 e. The predicted octanol–water partition coefficient (Wildman–Crippen LogP) is 4.53. The fourth-order valence-corrected chi connectivity index (χ4v) is 3.13. The Balaban J connectivity index is 0.000000550. The normalized spacial score (nSPS) is 15.8. The summed E-state index contributed by atoms with van der Waals surface area (Å²) in [6.07, 6.45) is 8.07. The third kappa shape index (κ3) is 5.00. The maximum absolute atomic E-state index is 12.0. The predicted molar refractivity (Wildman–Crippen MR) is 81.3 cm³/mol. The Morgan fingerprint density at radius 1 is 1.42 bits per heavy atom. The lowest BCUT2D eigenvalue weighted by molar-refractivity contribution is -0.0960. The van der Waals surface area contributed by atoms with Crippen LogP contribution in [0, 0.1) is 0 Å². The third-order valence-corrected chi connectivity index (χ3v) is 4.39. The van der Waals surface area contributed by atoms with Crippen LogP contribution in [0.5, 0.6) is 0 Å². The Hall–Kier alpha value is -0.200. The molecule has 0 aromatic carbocycles. The molecule has 1 saturated carbocycles. The molecule has 0 atom stereocenters. The average Bonchev–Trinajstić information content (AvgIpc) is 2.43. The molecular formula is C13H18Br2FNO2. The van der Waals surface area contributed by atoms with Crippen LogP contribution in [0.3, 0.4) is 0 Å². The van der Waals surface area contributed by atoms with Crippen molar-refractivity contribution >= 4 is 31.9 Å². The zero-order valence-electron chi connectivity index (χ0n) is 10.9. The fraction of sp³-hybridized carbons (Fsp3) is 0.615. The monoisotopic (exact) mass is 397 g/mol. The highest BCUT2D eigenvalue weighted by Gasteiger charge is 2.17. The van der Waals surface area contributed by atoms with Crippen molar-refractivity contribution < 1.29 is 9.47 Å². The first-order chi connectivity index (χ1) is 9.13. The van der Waals surface area contributed by atoms with Gasteiger partial charge in [-0.15, -0.1) is 0 Å². The minimum Gasteiger partial charge on any atom is -0.311 e. The molecule has 0 saturated heterocycles. The maximum Gasteiger partial charge on any atom is 0.265 e. The van der Waals surface area contributed by atoms with Crippen molar-refractivity contribution in [3.8, 4) is 0 Å². The van der Waals surface area contributed by atoms with Crippen LogP contribution >= 0.6 is 31.9 Å². The Morgan fingerprint density at radius 3 is 2.53 bits per heavy atom. The highest BCUT2D eigenvalue weighted by Crippen LogP contribution is 2.27. The summed E-state index contributed by atoms with van der Waals surface area (Å²) in [7, 11) is 0.958. The van der Waals surface area contributed by atoms with Crippen LogP contribution in [-0.4, -0.2) is 11.7 Å². The molecular weight excluding hydrogens is 381 g/mol. The van der Waals surface area contributed by atoms with Gasteiger partial charge in [0.15, 0.2) is 0 Å². The van der Waals surface area contributed by atoms with Crippen molar-refractivity contribution in [1.82, 2.24) is 4.57 Å². The summed E-state index contributed by atoms with van der Waals surface area (Å²) in [6, 6.07) is 2.30. The van der Waals surface area contributed by atoms with Gasteiger partial charge in [0, 0.05) is 17.6 Å². The number of nitrogens with zero attached hydrogens (tertiary/aromatic N) is 1. The molecule has 1 aromatic rings. The summed E-state index contributed by atoms with van der Waals surface area (Å²) in [5, 5.41) is 0.790. The number of hydrogen-bond donors (Lipinski definition) is 0. The highest BCUT2D eigenvalue weighted by molar-refractivity contribution is 9.10. The minimum atomic E-state index is 0.108. The van der Waals surface area contributed by atoms with Crippen molar-refractivity contribution in [3.05, 3.63) is 32.7 Å². The Labute approximate surface area is 129 Å². The van der Waals surface area contributed by atoms with Crippen LogP contribution in [-0.2, 0) is 10.3 Å². The van der Waals surface area contributed by atoms with E-state index in [1.165, 1.54) is 19.3 Å². The van der Waals surface area contributed by atoms with E-state index in [4.69, 9.17) is 0 Å². The van der Waals surface area contributed by atoms with Crippen LogP contribution < -0.4 is 5.56 Å². The molecule has 1 aliphatic carbocycles. The van der Waals surface area contributed by atoms with Gasteiger partial charge in [0.2, 0.25) is 0 Å². The van der Waals surface area contributed by atoms with E-state index >= 15 is 0 Å². The Bertz CT molecular complexity index is 445. The first-order valence-electron chi connectivity index (χ1n) is 6.25.